The molecule has 1 saturated heterocycles. The van der Waals surface area contributed by atoms with E-state index in [1.165, 1.54) is 0 Å². The number of phenols is 1. The van der Waals surface area contributed by atoms with E-state index in [4.69, 9.17) is 11.6 Å². The maximum atomic E-state index is 11.1. The third-order valence-corrected chi connectivity index (χ3v) is 8.96. The molecule has 2 aliphatic heterocycles. The Kier molecular flexibility index (Phi) is 6.70. The van der Waals surface area contributed by atoms with Crippen molar-refractivity contribution in [3.63, 3.8) is 0 Å². The highest BCUT2D eigenvalue weighted by atomic mass is 35.5. The predicted molar refractivity (Wildman–Crippen MR) is 155 cm³/mol. The van der Waals surface area contributed by atoms with Crippen molar-refractivity contribution in [3.05, 3.63) is 52.0 Å². The van der Waals surface area contributed by atoms with E-state index in [-0.39, 0.29) is 22.0 Å². The number of aromatic hydroxyl groups is 1. The lowest BCUT2D eigenvalue weighted by Crippen LogP contribution is -2.46. The average Bonchev–Trinajstić information content (AvgIpc) is 3.42. The molecule has 5 rings (SSSR count). The van der Waals surface area contributed by atoms with Gasteiger partial charge in [-0.2, -0.15) is 0 Å². The Labute approximate surface area is 229 Å². The molecule has 0 saturated carbocycles. The van der Waals surface area contributed by atoms with Gasteiger partial charge in [0.25, 0.3) is 0 Å². The van der Waals surface area contributed by atoms with Crippen LogP contribution in [-0.2, 0) is 10.8 Å². The fourth-order valence-electron chi connectivity index (χ4n) is 5.72. The summed E-state index contributed by atoms with van der Waals surface area (Å²) in [6.07, 6.45) is 2.02. The quantitative estimate of drug-likeness (QED) is 0.358. The van der Waals surface area contributed by atoms with Crippen molar-refractivity contribution >= 4 is 45.1 Å². The minimum Gasteiger partial charge on any atom is -0.506 e. The Hall–Kier alpha value is -2.35. The molecule has 0 atom stereocenters. The summed E-state index contributed by atoms with van der Waals surface area (Å²) in [5.74, 6) is 0.272. The zero-order valence-electron chi connectivity index (χ0n) is 22.7. The number of phenolic OH excluding ortho intramolecular Hbond substituents is 1. The number of hydrogen-bond acceptors (Lipinski definition) is 7. The van der Waals surface area contributed by atoms with Gasteiger partial charge in [0.05, 0.1) is 17.1 Å². The SMILES string of the molecule is CC(C)(C)CN1CCC2(CC1)CN(c1ccccc1Nc1nnc(C(C)(C)C)s1)c1c(O)ccc(Cl)c12. The van der Waals surface area contributed by atoms with Crippen LogP contribution < -0.4 is 10.2 Å². The predicted octanol–water partition coefficient (Wildman–Crippen LogP) is 7.47. The molecule has 2 aliphatic rings. The fourth-order valence-corrected chi connectivity index (χ4v) is 6.89. The molecule has 2 N–H and O–H groups in total. The Bertz CT molecular complexity index is 1280. The van der Waals surface area contributed by atoms with Crippen molar-refractivity contribution in [2.75, 3.05) is 36.4 Å². The molecule has 0 bridgehead atoms. The Morgan fingerprint density at radius 3 is 2.38 bits per heavy atom. The van der Waals surface area contributed by atoms with Gasteiger partial charge in [-0.1, -0.05) is 76.6 Å². The highest BCUT2D eigenvalue weighted by Crippen LogP contribution is 2.56. The fraction of sp³-hybridized carbons (Fsp3) is 0.517. The van der Waals surface area contributed by atoms with Crippen LogP contribution >= 0.6 is 22.9 Å². The summed E-state index contributed by atoms with van der Waals surface area (Å²) in [4.78, 5) is 4.83. The van der Waals surface area contributed by atoms with E-state index in [0.29, 0.717) is 0 Å². The molecule has 2 aromatic carbocycles. The number of anilines is 4. The van der Waals surface area contributed by atoms with E-state index in [1.54, 1.807) is 17.4 Å². The summed E-state index contributed by atoms with van der Waals surface area (Å²) in [5, 5.41) is 25.9. The smallest absolute Gasteiger partial charge is 0.210 e. The number of rotatable bonds is 4. The summed E-state index contributed by atoms with van der Waals surface area (Å²) in [5.41, 5.74) is 3.97. The number of nitrogens with zero attached hydrogens (tertiary/aromatic N) is 4. The molecule has 37 heavy (non-hydrogen) atoms. The van der Waals surface area contributed by atoms with Gasteiger partial charge in [-0.15, -0.1) is 10.2 Å². The van der Waals surface area contributed by atoms with Crippen molar-refractivity contribution in [3.8, 4) is 5.75 Å². The monoisotopic (exact) mass is 539 g/mol. The van der Waals surface area contributed by atoms with E-state index in [2.05, 4.69) is 79.0 Å². The molecule has 0 unspecified atom stereocenters. The molecule has 3 heterocycles. The molecule has 1 aromatic heterocycles. The molecule has 1 fully saturated rings. The number of fused-ring (bicyclic) bond motifs is 2. The number of hydrogen-bond donors (Lipinski definition) is 2. The average molecular weight is 540 g/mol. The van der Waals surface area contributed by atoms with Crippen LogP contribution in [0.1, 0.15) is 65.0 Å². The summed E-state index contributed by atoms with van der Waals surface area (Å²) in [6, 6.07) is 11.8. The van der Waals surface area contributed by atoms with Gasteiger partial charge in [-0.25, -0.2) is 0 Å². The van der Waals surface area contributed by atoms with Gasteiger partial charge in [0.1, 0.15) is 10.8 Å². The summed E-state index contributed by atoms with van der Waals surface area (Å²) < 4.78 is 0. The first-order valence-corrected chi connectivity index (χ1v) is 14.3. The number of para-hydroxylation sites is 2. The second-order valence-electron chi connectivity index (χ2n) is 12.8. The van der Waals surface area contributed by atoms with Crippen LogP contribution in [0.5, 0.6) is 5.75 Å². The molecule has 8 heteroatoms. The van der Waals surface area contributed by atoms with Gasteiger partial charge in [0.2, 0.25) is 5.13 Å². The number of piperidine rings is 1. The first-order valence-electron chi connectivity index (χ1n) is 13.1. The lowest BCUT2D eigenvalue weighted by Gasteiger charge is -2.42. The minimum absolute atomic E-state index is 0.0538. The van der Waals surface area contributed by atoms with Crippen LogP contribution in [0.2, 0.25) is 5.02 Å². The minimum atomic E-state index is -0.102. The van der Waals surface area contributed by atoms with E-state index in [1.807, 2.05) is 18.2 Å². The van der Waals surface area contributed by atoms with E-state index in [9.17, 15) is 5.11 Å². The third kappa shape index (κ3) is 5.18. The number of likely N-dealkylation sites (tertiary alicyclic amines) is 1. The third-order valence-electron chi connectivity index (χ3n) is 7.38. The van der Waals surface area contributed by atoms with Gasteiger partial charge >= 0.3 is 0 Å². The zero-order chi connectivity index (χ0) is 26.6. The van der Waals surface area contributed by atoms with Crippen LogP contribution in [0.15, 0.2) is 36.4 Å². The van der Waals surface area contributed by atoms with Gasteiger partial charge in [0.15, 0.2) is 0 Å². The van der Waals surface area contributed by atoms with Crippen LogP contribution in [-0.4, -0.2) is 46.4 Å². The second kappa shape index (κ2) is 9.44. The first-order chi connectivity index (χ1) is 17.4. The molecule has 0 amide bonds. The van der Waals surface area contributed by atoms with Crippen molar-refractivity contribution in [1.29, 1.82) is 0 Å². The Morgan fingerprint density at radius 2 is 1.73 bits per heavy atom. The normalized spacial score (nSPS) is 17.9. The first kappa shape index (κ1) is 26.3. The number of halogens is 1. The second-order valence-corrected chi connectivity index (χ2v) is 14.2. The maximum Gasteiger partial charge on any atom is 0.210 e. The summed E-state index contributed by atoms with van der Waals surface area (Å²) in [7, 11) is 0. The van der Waals surface area contributed by atoms with Gasteiger partial charge < -0.3 is 20.2 Å². The molecule has 198 valence electrons. The number of aromatic nitrogens is 2. The van der Waals surface area contributed by atoms with Crippen LogP contribution in [0.25, 0.3) is 0 Å². The highest BCUT2D eigenvalue weighted by molar-refractivity contribution is 7.15. The van der Waals surface area contributed by atoms with Crippen molar-refractivity contribution in [2.45, 2.75) is 65.2 Å². The van der Waals surface area contributed by atoms with Crippen LogP contribution in [0.4, 0.5) is 22.2 Å². The standard InChI is InChI=1S/C29H38ClN5OS/c1-27(2,3)17-34-15-13-29(14-16-34)18-35(24-22(36)12-11-19(30)23(24)29)21-10-8-7-9-20(21)31-26-33-32-25(37-26)28(4,5)6/h7-12,36H,13-18H2,1-6H3,(H,31,33). The molecule has 1 spiro atoms. The van der Waals surface area contributed by atoms with Crippen LogP contribution in [0.3, 0.4) is 0 Å². The van der Waals surface area contributed by atoms with Gasteiger partial charge in [-0.3, -0.25) is 0 Å². The van der Waals surface area contributed by atoms with Crippen molar-refractivity contribution in [1.82, 2.24) is 15.1 Å². The topological polar surface area (TPSA) is 64.5 Å². The van der Waals surface area contributed by atoms with E-state index >= 15 is 0 Å². The Morgan fingerprint density at radius 1 is 1.03 bits per heavy atom. The highest BCUT2D eigenvalue weighted by Gasteiger charge is 2.48. The van der Waals surface area contributed by atoms with Crippen molar-refractivity contribution in [2.24, 2.45) is 5.41 Å². The number of nitrogens with one attached hydrogen (secondary N) is 1. The number of benzene rings is 2. The van der Waals surface area contributed by atoms with Gasteiger partial charge in [-0.05, 0) is 55.6 Å². The largest absolute Gasteiger partial charge is 0.506 e. The molecule has 0 aliphatic carbocycles. The Balaban J connectivity index is 1.49. The lowest BCUT2D eigenvalue weighted by atomic mass is 9.74. The summed E-state index contributed by atoms with van der Waals surface area (Å²) in [6.45, 7) is 17.2. The van der Waals surface area contributed by atoms with E-state index < -0.39 is 0 Å². The zero-order valence-corrected chi connectivity index (χ0v) is 24.3. The molecular formula is C29H38ClN5OS. The van der Waals surface area contributed by atoms with E-state index in [0.717, 1.165) is 76.8 Å². The molecule has 0 radical (unpaired) electrons. The van der Waals surface area contributed by atoms with Gasteiger partial charge in [0, 0.05) is 34.5 Å². The molecular weight excluding hydrogens is 502 g/mol. The van der Waals surface area contributed by atoms with Crippen molar-refractivity contribution < 1.29 is 5.11 Å². The lowest BCUT2D eigenvalue weighted by molar-refractivity contribution is 0.125. The molecule has 6 nitrogen and oxygen atoms in total. The maximum absolute atomic E-state index is 11.1. The van der Waals surface area contributed by atoms with Crippen LogP contribution in [0, 0.1) is 5.41 Å². The molecule has 3 aromatic rings. The summed E-state index contributed by atoms with van der Waals surface area (Å²) >= 11 is 8.47.